The Morgan fingerprint density at radius 1 is 1.07 bits per heavy atom. The second-order valence-corrected chi connectivity index (χ2v) is 9.64. The smallest absolute Gasteiger partial charge is 0.0725 e. The fourth-order valence-corrected chi connectivity index (χ4v) is 6.25. The van der Waals surface area contributed by atoms with E-state index in [4.69, 9.17) is 12.2 Å². The monoisotopic (exact) mass is 395 g/mol. The topological polar surface area (TPSA) is 26.0 Å². The van der Waals surface area contributed by atoms with Crippen LogP contribution in [0.25, 0.3) is 0 Å². The molecule has 1 heteroatoms. The summed E-state index contributed by atoms with van der Waals surface area (Å²) in [5, 5.41) is 0. The molecule has 0 fully saturated rings. The summed E-state index contributed by atoms with van der Waals surface area (Å²) in [5.74, 6) is 4.27. The van der Waals surface area contributed by atoms with Crippen molar-refractivity contribution >= 4 is 0 Å². The summed E-state index contributed by atoms with van der Waals surface area (Å²) >= 11 is 0. The third kappa shape index (κ3) is 5.08. The van der Waals surface area contributed by atoms with Crippen LogP contribution >= 0.6 is 0 Å². The summed E-state index contributed by atoms with van der Waals surface area (Å²) in [4.78, 5) is 0. The minimum absolute atomic E-state index is 0.199. The van der Waals surface area contributed by atoms with Gasteiger partial charge in [-0.25, -0.2) is 0 Å². The van der Waals surface area contributed by atoms with Crippen molar-refractivity contribution in [2.24, 2.45) is 28.9 Å². The van der Waals surface area contributed by atoms with Crippen LogP contribution < -0.4 is 5.73 Å². The van der Waals surface area contributed by atoms with Crippen molar-refractivity contribution in [1.82, 2.24) is 0 Å². The van der Waals surface area contributed by atoms with E-state index in [2.05, 4.69) is 58.8 Å². The average Bonchev–Trinajstić information content (AvgIpc) is 2.97. The molecule has 0 spiro atoms. The summed E-state index contributed by atoms with van der Waals surface area (Å²) in [6, 6.07) is -0.199. The Labute approximate surface area is 181 Å². The zero-order valence-electron chi connectivity index (χ0n) is 19.8. The van der Waals surface area contributed by atoms with Crippen LogP contribution in [-0.4, -0.2) is 6.04 Å². The van der Waals surface area contributed by atoms with Gasteiger partial charge in [0.25, 0.3) is 0 Å². The largest absolute Gasteiger partial charge is 0.317 e. The highest BCUT2D eigenvalue weighted by atomic mass is 14.7. The molecule has 0 aromatic carbocycles. The van der Waals surface area contributed by atoms with Gasteiger partial charge in [-0.2, -0.15) is 0 Å². The van der Waals surface area contributed by atoms with Crippen molar-refractivity contribution in [2.45, 2.75) is 105 Å². The molecule has 0 amide bonds. The SMILES string of the molecule is C#CC(N)C(C)C1=C(C)C2=CC=CC(C)C2C1(CCCCCC)CCCCCC. The van der Waals surface area contributed by atoms with Crippen molar-refractivity contribution in [3.05, 3.63) is 34.9 Å². The minimum atomic E-state index is -0.199. The van der Waals surface area contributed by atoms with Crippen LogP contribution in [0, 0.1) is 35.5 Å². The minimum Gasteiger partial charge on any atom is -0.317 e. The van der Waals surface area contributed by atoms with Crippen LogP contribution in [0.4, 0.5) is 0 Å². The highest BCUT2D eigenvalue weighted by molar-refractivity contribution is 5.52. The highest BCUT2D eigenvalue weighted by Crippen LogP contribution is 2.62. The molecule has 1 nitrogen and oxygen atoms in total. The molecule has 0 bridgehead atoms. The molecule has 0 aliphatic heterocycles. The lowest BCUT2D eigenvalue weighted by molar-refractivity contribution is 0.160. The number of nitrogens with two attached hydrogens (primary N) is 1. The van der Waals surface area contributed by atoms with E-state index in [1.165, 1.54) is 69.8 Å². The fourth-order valence-electron chi connectivity index (χ4n) is 6.25. The third-order valence-corrected chi connectivity index (χ3v) is 7.66. The van der Waals surface area contributed by atoms with Gasteiger partial charge in [-0.3, -0.25) is 0 Å². The first kappa shape index (κ1) is 24.0. The molecule has 2 N–H and O–H groups in total. The zero-order chi connectivity index (χ0) is 21.4. The van der Waals surface area contributed by atoms with Gasteiger partial charge in [-0.05, 0) is 48.2 Å². The quantitative estimate of drug-likeness (QED) is 0.267. The molecule has 0 saturated carbocycles. The first-order chi connectivity index (χ1) is 13.9. The Morgan fingerprint density at radius 3 is 2.17 bits per heavy atom. The Morgan fingerprint density at radius 2 is 1.66 bits per heavy atom. The Balaban J connectivity index is 2.48. The lowest BCUT2D eigenvalue weighted by Gasteiger charge is -2.44. The number of rotatable bonds is 12. The number of allylic oxidation sites excluding steroid dienone is 5. The summed E-state index contributed by atoms with van der Waals surface area (Å²) in [6.07, 6.45) is 26.0. The van der Waals surface area contributed by atoms with Gasteiger partial charge in [-0.15, -0.1) is 6.42 Å². The molecule has 0 aromatic rings. The molecule has 2 aliphatic rings. The molecule has 0 radical (unpaired) electrons. The van der Waals surface area contributed by atoms with Crippen LogP contribution in [0.15, 0.2) is 34.9 Å². The van der Waals surface area contributed by atoms with Crippen molar-refractivity contribution in [3.63, 3.8) is 0 Å². The Kier molecular flexibility index (Phi) is 9.29. The Bertz CT molecular complexity index is 644. The fraction of sp³-hybridized carbons (Fsp3) is 0.714. The standard InChI is InChI=1S/C28H45N/c1-7-10-12-14-19-28(20-15-13-11-8-2)26-21(4)17-16-18-24(26)22(5)27(28)23(6)25(29)9-3/h3,16-18,21,23,25-26H,7-8,10-15,19-20,29H2,1-2,4-6H3. The molecule has 162 valence electrons. The van der Waals surface area contributed by atoms with Crippen LogP contribution in [-0.2, 0) is 0 Å². The lowest BCUT2D eigenvalue weighted by Crippen LogP contribution is -2.39. The molecule has 2 rings (SSSR count). The summed E-state index contributed by atoms with van der Waals surface area (Å²) in [6.45, 7) is 11.7. The third-order valence-electron chi connectivity index (χ3n) is 7.66. The second-order valence-electron chi connectivity index (χ2n) is 9.64. The van der Waals surface area contributed by atoms with Gasteiger partial charge in [0.1, 0.15) is 0 Å². The van der Waals surface area contributed by atoms with Gasteiger partial charge in [-0.1, -0.05) is 109 Å². The second kappa shape index (κ2) is 11.2. The summed E-state index contributed by atoms with van der Waals surface area (Å²) in [7, 11) is 0. The number of fused-ring (bicyclic) bond motifs is 1. The van der Waals surface area contributed by atoms with Crippen molar-refractivity contribution in [3.8, 4) is 12.3 Å². The predicted molar refractivity (Wildman–Crippen MR) is 129 cm³/mol. The van der Waals surface area contributed by atoms with Gasteiger partial charge in [0.2, 0.25) is 0 Å². The summed E-state index contributed by atoms with van der Waals surface area (Å²) < 4.78 is 0. The Hall–Kier alpha value is -1.26. The van der Waals surface area contributed by atoms with Crippen LogP contribution in [0.3, 0.4) is 0 Å². The van der Waals surface area contributed by atoms with E-state index in [1.54, 1.807) is 11.1 Å². The maximum Gasteiger partial charge on any atom is 0.0725 e. The van der Waals surface area contributed by atoms with Gasteiger partial charge in [0, 0.05) is 5.92 Å². The van der Waals surface area contributed by atoms with E-state index in [-0.39, 0.29) is 17.4 Å². The van der Waals surface area contributed by atoms with Crippen molar-refractivity contribution < 1.29 is 0 Å². The molecule has 2 aliphatic carbocycles. The zero-order valence-corrected chi connectivity index (χ0v) is 19.8. The van der Waals surface area contributed by atoms with E-state index in [1.807, 2.05) is 0 Å². The lowest BCUT2D eigenvalue weighted by atomic mass is 9.59. The van der Waals surface area contributed by atoms with Gasteiger partial charge in [0.05, 0.1) is 6.04 Å². The maximum atomic E-state index is 6.45. The molecule has 0 saturated heterocycles. The number of hydrogen-bond donors (Lipinski definition) is 1. The first-order valence-electron chi connectivity index (χ1n) is 12.3. The normalized spacial score (nSPS) is 24.8. The molecule has 29 heavy (non-hydrogen) atoms. The van der Waals surface area contributed by atoms with Crippen LogP contribution in [0.5, 0.6) is 0 Å². The predicted octanol–water partition coefficient (Wildman–Crippen LogP) is 7.59. The van der Waals surface area contributed by atoms with E-state index >= 15 is 0 Å². The molecular formula is C28H45N. The van der Waals surface area contributed by atoms with Gasteiger partial charge < -0.3 is 5.73 Å². The maximum absolute atomic E-state index is 6.45. The van der Waals surface area contributed by atoms with Gasteiger partial charge >= 0.3 is 0 Å². The van der Waals surface area contributed by atoms with Crippen LogP contribution in [0.1, 0.15) is 98.8 Å². The van der Waals surface area contributed by atoms with E-state index in [9.17, 15) is 0 Å². The molecule has 4 unspecified atom stereocenters. The average molecular weight is 396 g/mol. The number of terminal acetylenes is 1. The number of hydrogen-bond acceptors (Lipinski definition) is 1. The molecular weight excluding hydrogens is 350 g/mol. The molecule has 0 aromatic heterocycles. The van der Waals surface area contributed by atoms with E-state index in [0.717, 1.165) is 0 Å². The van der Waals surface area contributed by atoms with E-state index < -0.39 is 0 Å². The summed E-state index contributed by atoms with van der Waals surface area (Å²) in [5.41, 5.74) is 11.3. The van der Waals surface area contributed by atoms with Crippen LogP contribution in [0.2, 0.25) is 0 Å². The molecule has 4 atom stereocenters. The highest BCUT2D eigenvalue weighted by Gasteiger charge is 2.52. The van der Waals surface area contributed by atoms with Gasteiger partial charge in [0.15, 0.2) is 0 Å². The first-order valence-corrected chi connectivity index (χ1v) is 12.3. The van der Waals surface area contributed by atoms with Crippen molar-refractivity contribution in [2.75, 3.05) is 0 Å². The van der Waals surface area contributed by atoms with E-state index in [0.29, 0.717) is 11.8 Å². The number of unbranched alkanes of at least 4 members (excludes halogenated alkanes) is 6. The van der Waals surface area contributed by atoms with Crippen molar-refractivity contribution in [1.29, 1.82) is 0 Å². The molecule has 0 heterocycles.